The first-order valence-corrected chi connectivity index (χ1v) is 4.05. The van der Waals surface area contributed by atoms with E-state index in [0.29, 0.717) is 6.04 Å². The number of hydrogen-bond acceptors (Lipinski definition) is 2. The van der Waals surface area contributed by atoms with Crippen LogP contribution in [0.15, 0.2) is 31.5 Å². The minimum Gasteiger partial charge on any atom is -0.296 e. The van der Waals surface area contributed by atoms with Gasteiger partial charge in [0, 0.05) is 6.20 Å². The van der Waals surface area contributed by atoms with Crippen LogP contribution in [0.1, 0.15) is 24.2 Å². The van der Waals surface area contributed by atoms with E-state index >= 15 is 0 Å². The summed E-state index contributed by atoms with van der Waals surface area (Å²) in [7, 11) is 0. The predicted octanol–water partition coefficient (Wildman–Crippen LogP) is 1.76. The molecule has 2 atom stereocenters. The molecule has 12 heavy (non-hydrogen) atoms. The van der Waals surface area contributed by atoms with Gasteiger partial charge in [-0.1, -0.05) is 6.07 Å². The summed E-state index contributed by atoms with van der Waals surface area (Å²) in [6.45, 7) is 8.20. The molecule has 1 fully saturated rings. The summed E-state index contributed by atoms with van der Waals surface area (Å²) in [6.07, 6.45) is 1.86. The van der Waals surface area contributed by atoms with E-state index in [2.05, 4.69) is 36.4 Å². The van der Waals surface area contributed by atoms with Crippen molar-refractivity contribution in [2.45, 2.75) is 18.5 Å². The van der Waals surface area contributed by atoms with Crippen LogP contribution in [0.5, 0.6) is 0 Å². The second-order valence-corrected chi connectivity index (χ2v) is 3.22. The summed E-state index contributed by atoms with van der Waals surface area (Å²) < 4.78 is 0. The molecule has 0 aromatic carbocycles. The molecule has 2 aliphatic rings. The van der Waals surface area contributed by atoms with E-state index in [1.54, 1.807) is 0 Å². The molecule has 0 spiro atoms. The summed E-state index contributed by atoms with van der Waals surface area (Å²) >= 11 is 0. The van der Waals surface area contributed by atoms with E-state index < -0.39 is 0 Å². The zero-order valence-electron chi connectivity index (χ0n) is 7.17. The normalized spacial score (nSPS) is 33.2. The maximum absolute atomic E-state index is 4.30. The first-order valence-electron chi connectivity index (χ1n) is 4.05. The van der Waals surface area contributed by atoms with E-state index in [1.807, 2.05) is 12.3 Å². The Morgan fingerprint density at radius 1 is 1.58 bits per heavy atom. The summed E-state index contributed by atoms with van der Waals surface area (Å²) in [5, 5.41) is 3.38. The summed E-state index contributed by atoms with van der Waals surface area (Å²) in [5.41, 5.74) is 2.90. The molecular formula is C10H12N2. The molecule has 2 heteroatoms. The van der Waals surface area contributed by atoms with Gasteiger partial charge in [-0.05, 0) is 18.6 Å². The van der Waals surface area contributed by atoms with Crippen LogP contribution >= 0.6 is 0 Å². The maximum atomic E-state index is 4.30. The molecule has 0 bridgehead atoms. The lowest BCUT2D eigenvalue weighted by Crippen LogP contribution is -2.19. The molecule has 1 saturated heterocycles. The van der Waals surface area contributed by atoms with Crippen LogP contribution in [0.25, 0.3) is 0 Å². The quantitative estimate of drug-likeness (QED) is 0.463. The molecule has 1 aromatic heterocycles. The lowest BCUT2D eigenvalue weighted by molar-refractivity contribution is 0.630. The Morgan fingerprint density at radius 3 is 3.00 bits per heavy atom. The zero-order chi connectivity index (χ0) is 8.77. The fourth-order valence-electron chi connectivity index (χ4n) is 1.86. The highest BCUT2D eigenvalue weighted by Crippen LogP contribution is 2.58. The molecule has 1 aromatic rings. The van der Waals surface area contributed by atoms with Crippen LogP contribution in [-0.4, -0.2) is 4.98 Å². The number of fused-ring (bicyclic) bond motifs is 4. The molecule has 2 nitrogen and oxygen atoms in total. The lowest BCUT2D eigenvalue weighted by atomic mass is 9.83. The van der Waals surface area contributed by atoms with E-state index in [9.17, 15) is 0 Å². The van der Waals surface area contributed by atoms with Crippen LogP contribution in [0.3, 0.4) is 0 Å². The highest BCUT2D eigenvalue weighted by atomic mass is 15.3. The van der Waals surface area contributed by atoms with E-state index in [-0.39, 0.29) is 5.54 Å². The van der Waals surface area contributed by atoms with Gasteiger partial charge in [0.05, 0.1) is 17.3 Å². The molecule has 3 rings (SSSR count). The fraction of sp³-hybridized carbons (Fsp3) is 0.300. The van der Waals surface area contributed by atoms with Gasteiger partial charge in [-0.25, -0.2) is 0 Å². The van der Waals surface area contributed by atoms with Gasteiger partial charge >= 0.3 is 0 Å². The third-order valence-electron chi connectivity index (χ3n) is 2.58. The Bertz CT molecular complexity index is 321. The Morgan fingerprint density at radius 2 is 2.33 bits per heavy atom. The average Bonchev–Trinajstić information content (AvgIpc) is 2.75. The van der Waals surface area contributed by atoms with Crippen LogP contribution in [0.2, 0.25) is 0 Å². The van der Waals surface area contributed by atoms with Crippen molar-refractivity contribution in [3.8, 4) is 0 Å². The predicted molar refractivity (Wildman–Crippen MR) is 48.7 cm³/mol. The highest BCUT2D eigenvalue weighted by molar-refractivity contribution is 5.51. The van der Waals surface area contributed by atoms with Crippen molar-refractivity contribution in [2.75, 3.05) is 0 Å². The molecule has 1 N–H and O–H groups in total. The molecule has 2 heterocycles. The van der Waals surface area contributed by atoms with Crippen molar-refractivity contribution in [3.63, 3.8) is 0 Å². The van der Waals surface area contributed by atoms with Crippen LogP contribution in [0, 0.1) is 0 Å². The van der Waals surface area contributed by atoms with Crippen molar-refractivity contribution >= 4 is 0 Å². The number of rotatable bonds is 0. The van der Waals surface area contributed by atoms with Gasteiger partial charge in [-0.3, -0.25) is 10.3 Å². The first kappa shape index (κ1) is 7.50. The third-order valence-corrected chi connectivity index (χ3v) is 2.58. The van der Waals surface area contributed by atoms with Crippen molar-refractivity contribution < 1.29 is 0 Å². The molecule has 62 valence electrons. The number of aromatic nitrogens is 1. The number of pyridine rings is 1. The van der Waals surface area contributed by atoms with Gasteiger partial charge in [0.25, 0.3) is 0 Å². The Hall–Kier alpha value is -1.15. The smallest absolute Gasteiger partial charge is 0.0787 e. The number of nitrogens with zero attached hydrogens (tertiary/aromatic N) is 1. The van der Waals surface area contributed by atoms with Gasteiger partial charge < -0.3 is 0 Å². The molecule has 1 aliphatic carbocycles. The van der Waals surface area contributed by atoms with Crippen molar-refractivity contribution in [2.24, 2.45) is 0 Å². The van der Waals surface area contributed by atoms with E-state index in [0.717, 1.165) is 0 Å². The molecule has 0 radical (unpaired) electrons. The Balaban J connectivity index is 0.000000264. The summed E-state index contributed by atoms with van der Waals surface area (Å²) in [5.74, 6) is 0. The number of hydrogen-bond donors (Lipinski definition) is 1. The molecule has 1 aliphatic heterocycles. The van der Waals surface area contributed by atoms with E-state index in [4.69, 9.17) is 0 Å². The second kappa shape index (κ2) is 2.17. The molecule has 0 saturated carbocycles. The second-order valence-electron chi connectivity index (χ2n) is 3.22. The van der Waals surface area contributed by atoms with Gasteiger partial charge in [-0.2, -0.15) is 0 Å². The third kappa shape index (κ3) is 0.655. The van der Waals surface area contributed by atoms with Gasteiger partial charge in [0.1, 0.15) is 0 Å². The molecular weight excluding hydrogens is 148 g/mol. The van der Waals surface area contributed by atoms with Gasteiger partial charge in [0.15, 0.2) is 0 Å². The molecule has 2 unspecified atom stereocenters. The summed E-state index contributed by atoms with van der Waals surface area (Å²) in [4.78, 5) is 4.30. The lowest BCUT2D eigenvalue weighted by Gasteiger charge is -2.20. The standard InChI is InChI=1S/C8H8N2.C2H4/c1-8-6-5(7(8)10-8)3-2-4-9-6;1-2/h2-4,7,10H,1H3;1-2H2. The minimum atomic E-state index is 0.261. The highest BCUT2D eigenvalue weighted by Gasteiger charge is 2.63. The Labute approximate surface area is 72.3 Å². The van der Waals surface area contributed by atoms with Crippen molar-refractivity contribution in [3.05, 3.63) is 42.7 Å². The Kier molecular flexibility index (Phi) is 1.36. The molecule has 0 amide bonds. The van der Waals surface area contributed by atoms with Crippen LogP contribution in [0.4, 0.5) is 0 Å². The van der Waals surface area contributed by atoms with Crippen LogP contribution < -0.4 is 5.32 Å². The van der Waals surface area contributed by atoms with E-state index in [1.165, 1.54) is 11.3 Å². The SMILES string of the molecule is C=C.CC12NC1c1cccnc12. The fourth-order valence-corrected chi connectivity index (χ4v) is 1.86. The minimum absolute atomic E-state index is 0.261. The van der Waals surface area contributed by atoms with Crippen LogP contribution in [-0.2, 0) is 5.54 Å². The maximum Gasteiger partial charge on any atom is 0.0787 e. The first-order chi connectivity index (χ1) is 5.82. The largest absolute Gasteiger partial charge is 0.296 e. The topological polar surface area (TPSA) is 34.8 Å². The average molecular weight is 160 g/mol. The van der Waals surface area contributed by atoms with Crippen molar-refractivity contribution in [1.82, 2.24) is 10.3 Å². The van der Waals surface area contributed by atoms with Crippen molar-refractivity contribution in [1.29, 1.82) is 0 Å². The van der Waals surface area contributed by atoms with Gasteiger partial charge in [-0.15, -0.1) is 13.2 Å². The number of nitrogens with one attached hydrogen (secondary N) is 1. The van der Waals surface area contributed by atoms with Gasteiger partial charge in [0.2, 0.25) is 0 Å². The summed E-state index contributed by atoms with van der Waals surface area (Å²) in [6, 6.07) is 4.77. The monoisotopic (exact) mass is 160 g/mol. The zero-order valence-corrected chi connectivity index (χ0v) is 7.17.